The Morgan fingerprint density at radius 3 is 2.44 bits per heavy atom. The number of hydrogen-bond acceptors (Lipinski definition) is 7. The largest absolute Gasteiger partial charge is 0.395 e. The molecule has 0 saturated carbocycles. The number of nitrogens with two attached hydrogens (primary N) is 1. The number of nitrogens with zero attached hydrogens (tertiary/aromatic N) is 2. The molecule has 3 rings (SSSR count). The van der Waals surface area contributed by atoms with Crippen molar-refractivity contribution >= 4 is 40.6 Å². The van der Waals surface area contributed by atoms with Crippen LogP contribution in [0.1, 0.15) is 12.0 Å². The molecular weight excluding hydrogens is 442 g/mol. The Kier molecular flexibility index (Phi) is 8.30. The van der Waals surface area contributed by atoms with Crippen LogP contribution in [0.15, 0.2) is 48.5 Å². The van der Waals surface area contributed by atoms with E-state index in [2.05, 4.69) is 5.32 Å². The summed E-state index contributed by atoms with van der Waals surface area (Å²) in [6, 6.07) is 12.8. The second-order valence-corrected chi connectivity index (χ2v) is 7.58. The van der Waals surface area contributed by atoms with E-state index in [1.165, 1.54) is 17.0 Å². The number of amidine groups is 1. The molecule has 3 amide bonds. The van der Waals surface area contributed by atoms with E-state index in [1.807, 2.05) is 0 Å². The fourth-order valence-electron chi connectivity index (χ4n) is 3.43. The Hall–Kier alpha value is -3.80. The molecule has 0 spiro atoms. The average molecular weight is 469 g/mol. The minimum absolute atomic E-state index is 0.0116. The van der Waals surface area contributed by atoms with Gasteiger partial charge in [-0.25, -0.2) is 0 Å². The molecule has 0 radical (unpaired) electrons. The first-order chi connectivity index (χ1) is 16.3. The van der Waals surface area contributed by atoms with Crippen LogP contribution < -0.4 is 20.9 Å². The summed E-state index contributed by atoms with van der Waals surface area (Å²) in [5, 5.41) is 29.6. The van der Waals surface area contributed by atoms with Gasteiger partial charge in [-0.3, -0.25) is 19.8 Å². The maximum Gasteiger partial charge on any atom is 0.253 e. The lowest BCUT2D eigenvalue weighted by Gasteiger charge is -2.28. The summed E-state index contributed by atoms with van der Waals surface area (Å²) >= 11 is 0. The lowest BCUT2D eigenvalue weighted by molar-refractivity contribution is -0.129. The fraction of sp³-hybridized carbons (Fsp3) is 0.304. The molecule has 0 aliphatic carbocycles. The van der Waals surface area contributed by atoms with Gasteiger partial charge in [-0.15, -0.1) is 0 Å². The van der Waals surface area contributed by atoms with Crippen molar-refractivity contribution in [2.45, 2.75) is 12.5 Å². The zero-order valence-corrected chi connectivity index (χ0v) is 18.4. The first-order valence-electron chi connectivity index (χ1n) is 10.6. The van der Waals surface area contributed by atoms with Gasteiger partial charge in [-0.1, -0.05) is 0 Å². The molecule has 1 aliphatic heterocycles. The highest BCUT2D eigenvalue weighted by atomic mass is 16.5. The second kappa shape index (κ2) is 11.4. The number of aliphatic hydroxyl groups is 2. The number of amides is 3. The van der Waals surface area contributed by atoms with Crippen molar-refractivity contribution in [1.29, 1.82) is 5.41 Å². The molecule has 6 N–H and O–H groups in total. The normalized spacial score (nSPS) is 14.4. The molecule has 0 bridgehead atoms. The summed E-state index contributed by atoms with van der Waals surface area (Å²) in [5.74, 6) is -1.60. The van der Waals surface area contributed by atoms with Crippen LogP contribution in [-0.2, 0) is 19.1 Å². The quantitative estimate of drug-likeness (QED) is 0.255. The van der Waals surface area contributed by atoms with Crippen molar-refractivity contribution in [3.05, 3.63) is 54.1 Å². The van der Waals surface area contributed by atoms with Crippen LogP contribution in [-0.4, -0.2) is 72.8 Å². The number of rotatable bonds is 9. The topological polar surface area (TPSA) is 169 Å². The number of morpholine rings is 1. The molecule has 2 aromatic carbocycles. The van der Waals surface area contributed by atoms with E-state index in [-0.39, 0.29) is 31.5 Å². The number of nitrogen functional groups attached to an aromatic ring is 1. The number of aliphatic hydroxyl groups excluding tert-OH is 2. The van der Waals surface area contributed by atoms with Crippen LogP contribution in [0.25, 0.3) is 0 Å². The minimum atomic E-state index is -1.62. The number of carbonyl (C=O) groups is 3. The molecule has 11 heteroatoms. The van der Waals surface area contributed by atoms with Crippen LogP contribution >= 0.6 is 0 Å². The predicted octanol–water partition coefficient (Wildman–Crippen LogP) is 0.0489. The molecule has 2 aromatic rings. The van der Waals surface area contributed by atoms with Gasteiger partial charge in [0.05, 0.1) is 19.6 Å². The van der Waals surface area contributed by atoms with Gasteiger partial charge in [-0.2, -0.15) is 0 Å². The second-order valence-electron chi connectivity index (χ2n) is 7.58. The van der Waals surface area contributed by atoms with E-state index in [1.54, 1.807) is 41.3 Å². The van der Waals surface area contributed by atoms with E-state index < -0.39 is 24.3 Å². The molecule has 1 atom stereocenters. The zero-order valence-electron chi connectivity index (χ0n) is 18.4. The molecule has 34 heavy (non-hydrogen) atoms. The number of ether oxygens (including phenoxy) is 1. The lowest BCUT2D eigenvalue weighted by atomic mass is 10.1. The van der Waals surface area contributed by atoms with Gasteiger partial charge in [0, 0.05) is 35.7 Å². The highest BCUT2D eigenvalue weighted by Gasteiger charge is 2.25. The monoisotopic (exact) mass is 469 g/mol. The fourth-order valence-corrected chi connectivity index (χ4v) is 3.43. The minimum Gasteiger partial charge on any atom is -0.395 e. The third kappa shape index (κ3) is 6.16. The number of nitrogens with one attached hydrogen (secondary N) is 2. The number of benzene rings is 2. The van der Waals surface area contributed by atoms with Crippen molar-refractivity contribution in [3.8, 4) is 0 Å². The van der Waals surface area contributed by atoms with E-state index in [0.29, 0.717) is 35.8 Å². The van der Waals surface area contributed by atoms with Crippen LogP contribution in [0.5, 0.6) is 0 Å². The molecule has 1 unspecified atom stereocenters. The van der Waals surface area contributed by atoms with Crippen molar-refractivity contribution < 1.29 is 29.3 Å². The third-order valence-electron chi connectivity index (χ3n) is 5.22. The van der Waals surface area contributed by atoms with Gasteiger partial charge in [0.15, 0.2) is 0 Å². The van der Waals surface area contributed by atoms with Gasteiger partial charge in [0.1, 0.15) is 18.5 Å². The molecule has 0 aromatic heterocycles. The van der Waals surface area contributed by atoms with Crippen LogP contribution in [0, 0.1) is 5.41 Å². The summed E-state index contributed by atoms with van der Waals surface area (Å²) in [6.07, 6.45) is -2.12. The van der Waals surface area contributed by atoms with Crippen molar-refractivity contribution in [3.63, 3.8) is 0 Å². The number of anilines is 3. The SMILES string of the molecule is N=C(N)c1ccc(NC(=O)C(O)CC(=O)N(CCO)c2ccc(N3CCOCC3=O)cc2)cc1. The third-order valence-corrected chi connectivity index (χ3v) is 5.22. The number of carbonyl (C=O) groups excluding carboxylic acids is 3. The highest BCUT2D eigenvalue weighted by molar-refractivity contribution is 6.01. The first kappa shape index (κ1) is 24.8. The highest BCUT2D eigenvalue weighted by Crippen LogP contribution is 2.23. The van der Waals surface area contributed by atoms with E-state index in [4.69, 9.17) is 15.9 Å². The lowest BCUT2D eigenvalue weighted by Crippen LogP contribution is -2.41. The maximum atomic E-state index is 12.8. The van der Waals surface area contributed by atoms with Gasteiger partial charge in [0.2, 0.25) is 5.91 Å². The Morgan fingerprint density at radius 1 is 1.18 bits per heavy atom. The molecule has 11 nitrogen and oxygen atoms in total. The predicted molar refractivity (Wildman–Crippen MR) is 126 cm³/mol. The van der Waals surface area contributed by atoms with Crippen molar-refractivity contribution in [2.24, 2.45) is 5.73 Å². The van der Waals surface area contributed by atoms with E-state index in [0.717, 1.165) is 0 Å². The summed E-state index contributed by atoms with van der Waals surface area (Å²) in [4.78, 5) is 40.0. The van der Waals surface area contributed by atoms with Crippen LogP contribution in [0.4, 0.5) is 17.1 Å². The Bertz CT molecular complexity index is 1040. The molecule has 1 heterocycles. The first-order valence-corrected chi connectivity index (χ1v) is 10.6. The maximum absolute atomic E-state index is 12.8. The van der Waals surface area contributed by atoms with Crippen LogP contribution in [0.3, 0.4) is 0 Å². The van der Waals surface area contributed by atoms with E-state index >= 15 is 0 Å². The Labute approximate surface area is 196 Å². The average Bonchev–Trinajstić information content (AvgIpc) is 2.83. The summed E-state index contributed by atoms with van der Waals surface area (Å²) in [7, 11) is 0. The molecule has 1 saturated heterocycles. The summed E-state index contributed by atoms with van der Waals surface area (Å²) in [5.41, 5.74) is 7.37. The van der Waals surface area contributed by atoms with Gasteiger partial charge in [-0.05, 0) is 48.5 Å². The number of hydrogen-bond donors (Lipinski definition) is 5. The van der Waals surface area contributed by atoms with Gasteiger partial charge < -0.3 is 35.8 Å². The Balaban J connectivity index is 1.63. The molecule has 1 aliphatic rings. The summed E-state index contributed by atoms with van der Waals surface area (Å²) < 4.78 is 5.13. The van der Waals surface area contributed by atoms with E-state index in [9.17, 15) is 24.6 Å². The van der Waals surface area contributed by atoms with Crippen molar-refractivity contribution in [2.75, 3.05) is 48.0 Å². The smallest absolute Gasteiger partial charge is 0.253 e. The Morgan fingerprint density at radius 2 is 1.85 bits per heavy atom. The van der Waals surface area contributed by atoms with Gasteiger partial charge in [0.25, 0.3) is 11.8 Å². The summed E-state index contributed by atoms with van der Waals surface area (Å²) in [6.45, 7) is 0.521. The molecular formula is C23H27N5O6. The van der Waals surface area contributed by atoms with Crippen molar-refractivity contribution in [1.82, 2.24) is 0 Å². The molecule has 1 fully saturated rings. The van der Waals surface area contributed by atoms with Gasteiger partial charge >= 0.3 is 0 Å². The molecule has 180 valence electrons. The standard InChI is InChI=1S/C23H27N5O6/c24-22(25)15-1-3-16(4-2-15)26-23(33)19(30)13-20(31)27(9-11-29)17-5-7-18(8-6-17)28-10-12-34-14-21(28)32/h1-8,19,29-30H,9-14H2,(H3,24,25)(H,26,33). The van der Waals surface area contributed by atoms with Crippen LogP contribution in [0.2, 0.25) is 0 Å². The zero-order chi connectivity index (χ0) is 24.7.